The number of rotatable bonds is 5. The Hall–Kier alpha value is -2.60. The Balaban J connectivity index is 1.66. The average Bonchev–Trinajstić information content (AvgIpc) is 2.69. The lowest BCUT2D eigenvalue weighted by Crippen LogP contribution is -2.34. The average molecular weight is 555 g/mol. The van der Waals surface area contributed by atoms with Crippen LogP contribution in [-0.2, 0) is 10.0 Å². The zero-order valence-corrected chi connectivity index (χ0v) is 20.8. The van der Waals surface area contributed by atoms with Crippen molar-refractivity contribution in [3.05, 3.63) is 75.0 Å². The highest BCUT2D eigenvalue weighted by molar-refractivity contribution is 9.10. The van der Waals surface area contributed by atoms with Crippen LogP contribution < -0.4 is 15.4 Å². The van der Waals surface area contributed by atoms with Gasteiger partial charge in [-0.05, 0) is 74.6 Å². The second kappa shape index (κ2) is 9.90. The second-order valence-electron chi connectivity index (χ2n) is 6.64. The van der Waals surface area contributed by atoms with Gasteiger partial charge in [-0.25, -0.2) is 23.1 Å². The van der Waals surface area contributed by atoms with E-state index in [1.807, 2.05) is 0 Å². The Morgan fingerprint density at radius 1 is 1.03 bits per heavy atom. The number of nitrogens with one attached hydrogen (secondary N) is 3. The van der Waals surface area contributed by atoms with E-state index in [-0.39, 0.29) is 26.5 Å². The van der Waals surface area contributed by atoms with Gasteiger partial charge in [0.05, 0.1) is 15.5 Å². The van der Waals surface area contributed by atoms with Crippen molar-refractivity contribution in [2.24, 2.45) is 0 Å². The third-order valence-electron chi connectivity index (χ3n) is 4.03. The van der Waals surface area contributed by atoms with E-state index in [2.05, 4.69) is 41.3 Å². The number of benzene rings is 2. The van der Waals surface area contributed by atoms with Gasteiger partial charge in [0.15, 0.2) is 5.11 Å². The zero-order chi connectivity index (χ0) is 23.5. The summed E-state index contributed by atoms with van der Waals surface area (Å²) in [4.78, 5) is 20.6. The van der Waals surface area contributed by atoms with Gasteiger partial charge in [0.25, 0.3) is 15.9 Å². The Bertz CT molecular complexity index is 1280. The number of halogens is 2. The largest absolute Gasteiger partial charge is 0.332 e. The lowest BCUT2D eigenvalue weighted by atomic mass is 10.2. The number of anilines is 2. The van der Waals surface area contributed by atoms with Crippen LogP contribution in [0.15, 0.2) is 57.9 Å². The molecule has 0 aliphatic carbocycles. The summed E-state index contributed by atoms with van der Waals surface area (Å²) in [6.45, 7) is 3.50. The number of aryl methyl sites for hydroxylation is 2. The molecular weight excluding hydrogens is 538 g/mol. The summed E-state index contributed by atoms with van der Waals surface area (Å²) in [5.41, 5.74) is 2.03. The van der Waals surface area contributed by atoms with Crippen molar-refractivity contribution >= 4 is 72.4 Å². The van der Waals surface area contributed by atoms with Crippen molar-refractivity contribution in [2.75, 3.05) is 10.0 Å². The van der Waals surface area contributed by atoms with Crippen molar-refractivity contribution in [3.63, 3.8) is 0 Å². The van der Waals surface area contributed by atoms with Crippen molar-refractivity contribution in [1.29, 1.82) is 0 Å². The molecule has 3 aromatic rings. The topological polar surface area (TPSA) is 113 Å². The molecule has 8 nitrogen and oxygen atoms in total. The molecule has 2 aromatic carbocycles. The SMILES string of the molecule is Cc1cc(C)nc(NS(=O)(=O)c2ccc(NC(=S)NC(=O)c3cc(Br)ccc3Cl)cc2)n1. The molecule has 12 heteroatoms. The Morgan fingerprint density at radius 2 is 1.66 bits per heavy atom. The first-order valence-corrected chi connectivity index (χ1v) is 12.1. The van der Waals surface area contributed by atoms with Crippen molar-refractivity contribution in [1.82, 2.24) is 15.3 Å². The van der Waals surface area contributed by atoms with Gasteiger partial charge in [0, 0.05) is 21.5 Å². The molecular formula is C20H17BrClN5O3S2. The molecule has 0 saturated heterocycles. The number of hydrogen-bond acceptors (Lipinski definition) is 6. The van der Waals surface area contributed by atoms with E-state index in [0.29, 0.717) is 21.5 Å². The number of hydrogen-bond donors (Lipinski definition) is 3. The summed E-state index contributed by atoms with van der Waals surface area (Å²) >= 11 is 14.5. The zero-order valence-electron chi connectivity index (χ0n) is 16.8. The van der Waals surface area contributed by atoms with Gasteiger partial charge in [-0.2, -0.15) is 0 Å². The number of aromatic nitrogens is 2. The fraction of sp³-hybridized carbons (Fsp3) is 0.100. The number of sulfonamides is 1. The second-order valence-corrected chi connectivity index (χ2v) is 10.1. The van der Waals surface area contributed by atoms with Crippen LogP contribution in [0, 0.1) is 13.8 Å². The number of nitrogens with zero attached hydrogens (tertiary/aromatic N) is 2. The van der Waals surface area contributed by atoms with E-state index in [9.17, 15) is 13.2 Å². The number of carbonyl (C=O) groups is 1. The maximum absolute atomic E-state index is 12.6. The van der Waals surface area contributed by atoms with Crippen molar-refractivity contribution < 1.29 is 13.2 Å². The lowest BCUT2D eigenvalue weighted by molar-refractivity contribution is 0.0978. The van der Waals surface area contributed by atoms with Gasteiger partial charge in [0.1, 0.15) is 0 Å². The van der Waals surface area contributed by atoms with Crippen LogP contribution in [0.2, 0.25) is 5.02 Å². The molecule has 0 aliphatic rings. The van der Waals surface area contributed by atoms with E-state index in [1.165, 1.54) is 24.3 Å². The first-order valence-electron chi connectivity index (χ1n) is 9.06. The third kappa shape index (κ3) is 6.22. The van der Waals surface area contributed by atoms with Crippen LogP contribution >= 0.6 is 39.7 Å². The maximum atomic E-state index is 12.6. The Kier molecular flexibility index (Phi) is 7.44. The summed E-state index contributed by atoms with van der Waals surface area (Å²) in [5.74, 6) is -0.481. The lowest BCUT2D eigenvalue weighted by Gasteiger charge is -2.12. The van der Waals surface area contributed by atoms with E-state index < -0.39 is 15.9 Å². The summed E-state index contributed by atoms with van der Waals surface area (Å²) < 4.78 is 28.3. The summed E-state index contributed by atoms with van der Waals surface area (Å²) in [6.07, 6.45) is 0. The van der Waals surface area contributed by atoms with Gasteiger partial charge in [-0.1, -0.05) is 27.5 Å². The highest BCUT2D eigenvalue weighted by atomic mass is 79.9. The molecule has 3 N–H and O–H groups in total. The molecule has 3 rings (SSSR count). The molecule has 0 atom stereocenters. The first kappa shape index (κ1) is 24.1. The first-order chi connectivity index (χ1) is 15.0. The molecule has 0 aliphatic heterocycles. The Morgan fingerprint density at radius 3 is 2.28 bits per heavy atom. The van der Waals surface area contributed by atoms with Crippen LogP contribution in [-0.4, -0.2) is 29.4 Å². The van der Waals surface area contributed by atoms with Gasteiger partial charge in [-0.3, -0.25) is 10.1 Å². The fourth-order valence-electron chi connectivity index (χ4n) is 2.67. The van der Waals surface area contributed by atoms with Gasteiger partial charge in [-0.15, -0.1) is 0 Å². The monoisotopic (exact) mass is 553 g/mol. The molecule has 1 heterocycles. The number of carbonyl (C=O) groups excluding carboxylic acids is 1. The Labute approximate surface area is 204 Å². The predicted molar refractivity (Wildman–Crippen MR) is 132 cm³/mol. The van der Waals surface area contributed by atoms with Crippen LogP contribution in [0.4, 0.5) is 11.6 Å². The minimum absolute atomic E-state index is 0.000184. The van der Waals surface area contributed by atoms with E-state index >= 15 is 0 Å². The van der Waals surface area contributed by atoms with Gasteiger partial charge < -0.3 is 5.32 Å². The molecule has 0 fully saturated rings. The summed E-state index contributed by atoms with van der Waals surface area (Å²) in [5, 5.41) is 5.67. The van der Waals surface area contributed by atoms with E-state index in [0.717, 1.165) is 0 Å². The molecule has 0 spiro atoms. The number of thiocarbonyl (C=S) groups is 1. The van der Waals surface area contributed by atoms with E-state index in [4.69, 9.17) is 23.8 Å². The van der Waals surface area contributed by atoms with Crippen LogP contribution in [0.5, 0.6) is 0 Å². The highest BCUT2D eigenvalue weighted by Crippen LogP contribution is 2.21. The highest BCUT2D eigenvalue weighted by Gasteiger charge is 2.17. The minimum atomic E-state index is -3.88. The maximum Gasteiger partial charge on any atom is 0.264 e. The number of amides is 1. The molecule has 166 valence electrons. The molecule has 0 bridgehead atoms. The predicted octanol–water partition coefficient (Wildman–Crippen LogP) is 4.44. The normalized spacial score (nSPS) is 11.0. The van der Waals surface area contributed by atoms with Crippen molar-refractivity contribution in [2.45, 2.75) is 18.7 Å². The standard InChI is InChI=1S/C20H17BrClN5O3S2/c1-11-9-12(2)24-19(23-11)27-32(29,30)15-6-4-14(5-7-15)25-20(31)26-18(28)16-10-13(21)3-8-17(16)22/h3-10H,1-2H3,(H,23,24,27)(H2,25,26,28,31). The van der Waals surface area contributed by atoms with Crippen LogP contribution in [0.25, 0.3) is 0 Å². The minimum Gasteiger partial charge on any atom is -0.332 e. The molecule has 0 unspecified atom stereocenters. The van der Waals surface area contributed by atoms with Crippen LogP contribution in [0.3, 0.4) is 0 Å². The summed E-state index contributed by atoms with van der Waals surface area (Å²) in [7, 11) is -3.88. The van der Waals surface area contributed by atoms with E-state index in [1.54, 1.807) is 38.1 Å². The van der Waals surface area contributed by atoms with Gasteiger partial charge in [0.2, 0.25) is 5.95 Å². The quantitative estimate of drug-likeness (QED) is 0.400. The molecule has 1 aromatic heterocycles. The fourth-order valence-corrected chi connectivity index (χ4v) is 4.39. The molecule has 1 amide bonds. The molecule has 0 saturated carbocycles. The smallest absolute Gasteiger partial charge is 0.264 e. The van der Waals surface area contributed by atoms with Crippen molar-refractivity contribution in [3.8, 4) is 0 Å². The van der Waals surface area contributed by atoms with Crippen LogP contribution in [0.1, 0.15) is 21.7 Å². The third-order valence-corrected chi connectivity index (χ3v) is 6.40. The van der Waals surface area contributed by atoms with Gasteiger partial charge >= 0.3 is 0 Å². The molecule has 32 heavy (non-hydrogen) atoms. The summed E-state index contributed by atoms with van der Waals surface area (Å²) in [6, 6.07) is 12.4. The molecule has 0 radical (unpaired) electrons.